The molecule has 2 heterocycles. The molecule has 29 heavy (non-hydrogen) atoms. The predicted octanol–water partition coefficient (Wildman–Crippen LogP) is 4.12. The Morgan fingerprint density at radius 2 is 1.90 bits per heavy atom. The number of fused-ring (bicyclic) bond motifs is 1. The van der Waals surface area contributed by atoms with E-state index in [-0.39, 0.29) is 23.4 Å². The molecule has 1 amide bonds. The van der Waals surface area contributed by atoms with Crippen LogP contribution < -0.4 is 10.9 Å². The number of aromatic amines is 1. The molecule has 0 fully saturated rings. The number of benzene rings is 2. The van der Waals surface area contributed by atoms with E-state index >= 15 is 0 Å². The Balaban J connectivity index is 1.68. The molecule has 0 saturated carbocycles. The third-order valence-electron chi connectivity index (χ3n) is 4.78. The van der Waals surface area contributed by atoms with E-state index in [0.29, 0.717) is 10.9 Å². The van der Waals surface area contributed by atoms with Crippen molar-refractivity contribution in [2.24, 2.45) is 0 Å². The molecule has 1 atom stereocenters. The first-order valence-corrected chi connectivity index (χ1v) is 9.97. The SMILES string of the molecule is Cc1ccc(CSc2nc3c(c(=O)[nH]2)[C@H](c2cccc(F)c2F)CC(=O)N3)cc1. The van der Waals surface area contributed by atoms with Crippen LogP contribution in [-0.4, -0.2) is 15.9 Å². The number of hydrogen-bond donors (Lipinski definition) is 2. The van der Waals surface area contributed by atoms with Gasteiger partial charge in [0.05, 0.1) is 5.56 Å². The van der Waals surface area contributed by atoms with Gasteiger partial charge >= 0.3 is 0 Å². The van der Waals surface area contributed by atoms with Crippen molar-refractivity contribution < 1.29 is 13.6 Å². The maximum atomic E-state index is 14.3. The molecule has 4 rings (SSSR count). The van der Waals surface area contributed by atoms with Crippen molar-refractivity contribution in [1.29, 1.82) is 0 Å². The van der Waals surface area contributed by atoms with E-state index in [1.807, 2.05) is 31.2 Å². The van der Waals surface area contributed by atoms with Gasteiger partial charge in [0.1, 0.15) is 5.82 Å². The second-order valence-electron chi connectivity index (χ2n) is 6.86. The minimum atomic E-state index is -1.06. The molecule has 0 spiro atoms. The fraction of sp³-hybridized carbons (Fsp3) is 0.190. The molecule has 0 unspecified atom stereocenters. The lowest BCUT2D eigenvalue weighted by Crippen LogP contribution is -2.31. The van der Waals surface area contributed by atoms with Crippen molar-refractivity contribution in [3.63, 3.8) is 0 Å². The summed E-state index contributed by atoms with van der Waals surface area (Å²) in [7, 11) is 0. The van der Waals surface area contributed by atoms with Gasteiger partial charge in [0.15, 0.2) is 16.8 Å². The van der Waals surface area contributed by atoms with E-state index in [4.69, 9.17) is 0 Å². The number of anilines is 1. The summed E-state index contributed by atoms with van der Waals surface area (Å²) < 4.78 is 28.0. The smallest absolute Gasteiger partial charge is 0.257 e. The Morgan fingerprint density at radius 1 is 1.14 bits per heavy atom. The highest BCUT2D eigenvalue weighted by molar-refractivity contribution is 7.98. The number of nitrogens with one attached hydrogen (secondary N) is 2. The van der Waals surface area contributed by atoms with E-state index in [0.717, 1.165) is 17.2 Å². The molecule has 1 aromatic heterocycles. The van der Waals surface area contributed by atoms with E-state index in [9.17, 15) is 18.4 Å². The van der Waals surface area contributed by atoms with Gasteiger partial charge in [0.2, 0.25) is 5.91 Å². The number of thioether (sulfide) groups is 1. The molecule has 0 aliphatic carbocycles. The lowest BCUT2D eigenvalue weighted by molar-refractivity contribution is -0.116. The fourth-order valence-corrected chi connectivity index (χ4v) is 4.13. The summed E-state index contributed by atoms with van der Waals surface area (Å²) >= 11 is 1.32. The number of carbonyl (C=O) groups excluding carboxylic acids is 1. The van der Waals surface area contributed by atoms with Crippen molar-refractivity contribution in [2.75, 3.05) is 5.32 Å². The Bertz CT molecular complexity index is 1150. The zero-order valence-corrected chi connectivity index (χ0v) is 16.3. The highest BCUT2D eigenvalue weighted by Gasteiger charge is 2.33. The number of hydrogen-bond acceptors (Lipinski definition) is 4. The monoisotopic (exact) mass is 413 g/mol. The van der Waals surface area contributed by atoms with Gasteiger partial charge in [0.25, 0.3) is 5.56 Å². The zero-order valence-electron chi connectivity index (χ0n) is 15.5. The molecule has 1 aliphatic heterocycles. The summed E-state index contributed by atoms with van der Waals surface area (Å²) in [6, 6.07) is 11.7. The van der Waals surface area contributed by atoms with Crippen LogP contribution in [-0.2, 0) is 10.5 Å². The minimum absolute atomic E-state index is 0.0338. The average molecular weight is 413 g/mol. The van der Waals surface area contributed by atoms with Crippen LogP contribution in [0.2, 0.25) is 0 Å². The third kappa shape index (κ3) is 3.93. The van der Waals surface area contributed by atoms with E-state index in [1.165, 1.54) is 23.9 Å². The Morgan fingerprint density at radius 3 is 2.66 bits per heavy atom. The fourth-order valence-electron chi connectivity index (χ4n) is 3.31. The second kappa shape index (κ2) is 7.79. The number of aromatic nitrogens is 2. The minimum Gasteiger partial charge on any atom is -0.310 e. The Hall–Kier alpha value is -3.00. The van der Waals surface area contributed by atoms with Crippen molar-refractivity contribution in [2.45, 2.75) is 30.2 Å². The molecule has 2 N–H and O–H groups in total. The highest BCUT2D eigenvalue weighted by atomic mass is 32.2. The lowest BCUT2D eigenvalue weighted by atomic mass is 9.86. The van der Waals surface area contributed by atoms with Crippen LogP contribution in [0.4, 0.5) is 14.6 Å². The van der Waals surface area contributed by atoms with Gasteiger partial charge in [-0.3, -0.25) is 9.59 Å². The van der Waals surface area contributed by atoms with E-state index in [2.05, 4.69) is 15.3 Å². The maximum absolute atomic E-state index is 14.3. The molecule has 0 radical (unpaired) electrons. The topological polar surface area (TPSA) is 74.8 Å². The molecule has 1 aliphatic rings. The number of rotatable bonds is 4. The molecule has 0 saturated heterocycles. The molecule has 148 valence electrons. The van der Waals surface area contributed by atoms with Gasteiger partial charge in [-0.05, 0) is 24.1 Å². The second-order valence-corrected chi connectivity index (χ2v) is 7.82. The highest BCUT2D eigenvalue weighted by Crippen LogP contribution is 2.36. The summed E-state index contributed by atoms with van der Waals surface area (Å²) in [5, 5.41) is 2.92. The number of amides is 1. The van der Waals surface area contributed by atoms with Crippen molar-refractivity contribution in [3.8, 4) is 0 Å². The Labute approximate surface area is 169 Å². The van der Waals surface area contributed by atoms with E-state index in [1.54, 1.807) is 0 Å². The molecule has 3 aromatic rings. The number of nitrogens with zero attached hydrogens (tertiary/aromatic N) is 1. The number of H-pyrrole nitrogens is 1. The van der Waals surface area contributed by atoms with Gasteiger partial charge < -0.3 is 10.3 Å². The molecular formula is C21H17F2N3O2S. The van der Waals surface area contributed by atoms with Gasteiger partial charge in [-0.15, -0.1) is 0 Å². The van der Waals surface area contributed by atoms with Gasteiger partial charge in [-0.25, -0.2) is 13.8 Å². The normalized spacial score (nSPS) is 15.7. The summed E-state index contributed by atoms with van der Waals surface area (Å²) in [6.07, 6.45) is -0.159. The summed E-state index contributed by atoms with van der Waals surface area (Å²) in [5.74, 6) is -2.72. The predicted molar refractivity (Wildman–Crippen MR) is 107 cm³/mol. The third-order valence-corrected chi connectivity index (χ3v) is 5.73. The first-order chi connectivity index (χ1) is 13.9. The zero-order chi connectivity index (χ0) is 20.5. The standard InChI is InChI=1S/C21H17F2N3O2S/c1-11-5-7-12(8-6-11)10-29-21-25-19-17(20(28)26-21)14(9-16(27)24-19)13-3-2-4-15(22)18(13)23/h2-8,14H,9-10H2,1H3,(H2,24,25,26,27,28)/t14-/m0/s1. The van der Waals surface area contributed by atoms with Crippen LogP contribution in [0.3, 0.4) is 0 Å². The van der Waals surface area contributed by atoms with Crippen LogP contribution >= 0.6 is 11.8 Å². The summed E-state index contributed by atoms with van der Waals surface area (Å²) in [6.45, 7) is 2.00. The van der Waals surface area contributed by atoms with Crippen LogP contribution in [0.25, 0.3) is 0 Å². The maximum Gasteiger partial charge on any atom is 0.257 e. The number of carbonyl (C=O) groups is 1. The molecular weight excluding hydrogens is 396 g/mol. The van der Waals surface area contributed by atoms with Crippen LogP contribution in [0, 0.1) is 18.6 Å². The van der Waals surface area contributed by atoms with Crippen LogP contribution in [0.5, 0.6) is 0 Å². The first-order valence-electron chi connectivity index (χ1n) is 8.98. The van der Waals surface area contributed by atoms with Crippen LogP contribution in [0.15, 0.2) is 52.4 Å². The van der Waals surface area contributed by atoms with Gasteiger partial charge in [-0.1, -0.05) is 53.7 Å². The molecule has 5 nitrogen and oxygen atoms in total. The summed E-state index contributed by atoms with van der Waals surface area (Å²) in [4.78, 5) is 31.9. The number of halogens is 2. The lowest BCUT2D eigenvalue weighted by Gasteiger charge is -2.24. The van der Waals surface area contributed by atoms with Crippen LogP contribution in [0.1, 0.15) is 34.6 Å². The molecule has 0 bridgehead atoms. The first kappa shape index (κ1) is 19.3. The van der Waals surface area contributed by atoms with Crippen molar-refractivity contribution in [3.05, 3.63) is 86.7 Å². The van der Waals surface area contributed by atoms with Crippen molar-refractivity contribution in [1.82, 2.24) is 9.97 Å². The number of aryl methyl sites for hydroxylation is 1. The average Bonchev–Trinajstić information content (AvgIpc) is 2.69. The quantitative estimate of drug-likeness (QED) is 0.498. The van der Waals surface area contributed by atoms with E-state index < -0.39 is 29.0 Å². The van der Waals surface area contributed by atoms with Gasteiger partial charge in [-0.2, -0.15) is 0 Å². The van der Waals surface area contributed by atoms with Crippen molar-refractivity contribution >= 4 is 23.5 Å². The summed E-state index contributed by atoms with van der Waals surface area (Å²) in [5.41, 5.74) is 1.83. The molecule has 2 aromatic carbocycles. The van der Waals surface area contributed by atoms with Gasteiger partial charge in [0, 0.05) is 18.1 Å². The molecule has 8 heteroatoms. The largest absolute Gasteiger partial charge is 0.310 e. The Kier molecular flexibility index (Phi) is 5.19.